The van der Waals surface area contributed by atoms with Crippen molar-refractivity contribution in [3.8, 4) is 22.9 Å². The average Bonchev–Trinajstić information content (AvgIpc) is 3.32. The molecule has 2 aliphatic heterocycles. The number of nitriles is 1. The zero-order chi connectivity index (χ0) is 25.8. The fourth-order valence-corrected chi connectivity index (χ4v) is 4.80. The first-order valence-corrected chi connectivity index (χ1v) is 12.4. The normalized spacial score (nSPS) is 17.9. The molecule has 2 fully saturated rings. The Bertz CT molecular complexity index is 1290. The van der Waals surface area contributed by atoms with Gasteiger partial charge in [-0.25, -0.2) is 19.3 Å². The largest absolute Gasteiger partial charge is 0.491 e. The minimum Gasteiger partial charge on any atom is -0.491 e. The lowest BCUT2D eigenvalue weighted by Crippen LogP contribution is -2.53. The summed E-state index contributed by atoms with van der Waals surface area (Å²) < 4.78 is 13.1. The van der Waals surface area contributed by atoms with Crippen LogP contribution in [0.15, 0.2) is 30.9 Å². The molecule has 12 nitrogen and oxygen atoms in total. The second kappa shape index (κ2) is 10.6. The highest BCUT2D eigenvalue weighted by Gasteiger charge is 2.32. The van der Waals surface area contributed by atoms with Gasteiger partial charge in [0, 0.05) is 61.8 Å². The number of amides is 1. The minimum atomic E-state index is -1.01. The summed E-state index contributed by atoms with van der Waals surface area (Å²) in [4.78, 5) is 24.6. The molecule has 5 heterocycles. The van der Waals surface area contributed by atoms with E-state index in [4.69, 9.17) is 14.6 Å². The SMILES string of the molecule is CC1(NC(=O)O)CCN(c2ncc(-c3cc(OCCN4CCOCC4)cn4ncc(C#N)c34)cn2)CC1. The number of nitrogens with zero attached hydrogens (tertiary/aromatic N) is 7. The lowest BCUT2D eigenvalue weighted by molar-refractivity contribution is 0.0322. The smallest absolute Gasteiger partial charge is 0.405 e. The molecular formula is C25H30N8O4. The number of aromatic nitrogens is 4. The summed E-state index contributed by atoms with van der Waals surface area (Å²) in [6, 6.07) is 4.11. The van der Waals surface area contributed by atoms with E-state index in [-0.39, 0.29) is 0 Å². The molecule has 2 saturated heterocycles. The Balaban J connectivity index is 1.33. The zero-order valence-electron chi connectivity index (χ0n) is 20.8. The Morgan fingerprint density at radius 1 is 1.22 bits per heavy atom. The lowest BCUT2D eigenvalue weighted by atomic mass is 9.90. The first-order valence-electron chi connectivity index (χ1n) is 12.4. The van der Waals surface area contributed by atoms with Crippen LogP contribution in [0.4, 0.5) is 10.7 Å². The van der Waals surface area contributed by atoms with Crippen molar-refractivity contribution in [1.82, 2.24) is 29.8 Å². The van der Waals surface area contributed by atoms with E-state index in [9.17, 15) is 10.1 Å². The number of hydrogen-bond acceptors (Lipinski definition) is 9. The van der Waals surface area contributed by atoms with E-state index in [0.29, 0.717) is 55.3 Å². The standard InChI is InChI=1S/C25H30N8O4/c1-25(30-24(34)35)2-4-32(5-3-25)23-27-14-19(15-28-23)21-12-20(17-33-22(21)18(13-26)16-29-33)37-11-8-31-6-9-36-10-7-31/h12,14-17,30H,2-11H2,1H3,(H,34,35). The fourth-order valence-electron chi connectivity index (χ4n) is 4.80. The predicted octanol–water partition coefficient (Wildman–Crippen LogP) is 2.00. The van der Waals surface area contributed by atoms with Crippen LogP contribution < -0.4 is 15.0 Å². The summed E-state index contributed by atoms with van der Waals surface area (Å²) in [6.07, 6.45) is 7.13. The summed E-state index contributed by atoms with van der Waals surface area (Å²) >= 11 is 0. The highest BCUT2D eigenvalue weighted by molar-refractivity contribution is 5.84. The molecule has 3 aromatic rings. The summed E-state index contributed by atoms with van der Waals surface area (Å²) in [5.41, 5.74) is 2.19. The highest BCUT2D eigenvalue weighted by atomic mass is 16.5. The van der Waals surface area contributed by atoms with Gasteiger partial charge in [-0.15, -0.1) is 0 Å². The van der Waals surface area contributed by atoms with Crippen LogP contribution in [0.5, 0.6) is 5.75 Å². The maximum absolute atomic E-state index is 11.1. The number of carboxylic acid groups (broad SMARTS) is 1. The molecule has 0 spiro atoms. The molecule has 12 heteroatoms. The van der Waals surface area contributed by atoms with E-state index in [0.717, 1.165) is 44.0 Å². The Morgan fingerprint density at radius 3 is 2.62 bits per heavy atom. The third kappa shape index (κ3) is 5.58. The van der Waals surface area contributed by atoms with Gasteiger partial charge >= 0.3 is 6.09 Å². The van der Waals surface area contributed by atoms with Crippen molar-refractivity contribution in [1.29, 1.82) is 5.26 Å². The van der Waals surface area contributed by atoms with Crippen molar-refractivity contribution in [2.24, 2.45) is 0 Å². The molecule has 2 N–H and O–H groups in total. The van der Waals surface area contributed by atoms with Gasteiger partial charge in [0.25, 0.3) is 0 Å². The molecule has 37 heavy (non-hydrogen) atoms. The van der Waals surface area contributed by atoms with Crippen molar-refractivity contribution in [3.05, 3.63) is 36.4 Å². The number of nitrogens with one attached hydrogen (secondary N) is 1. The van der Waals surface area contributed by atoms with Crippen LogP contribution in [-0.2, 0) is 4.74 Å². The van der Waals surface area contributed by atoms with Gasteiger partial charge in [0.05, 0.1) is 36.7 Å². The third-order valence-electron chi connectivity index (χ3n) is 6.99. The average molecular weight is 507 g/mol. The maximum Gasteiger partial charge on any atom is 0.405 e. The predicted molar refractivity (Wildman–Crippen MR) is 135 cm³/mol. The number of ether oxygens (including phenoxy) is 2. The number of piperidine rings is 1. The van der Waals surface area contributed by atoms with Gasteiger partial charge in [-0.3, -0.25) is 4.90 Å². The molecule has 5 rings (SSSR count). The molecule has 2 aliphatic rings. The summed E-state index contributed by atoms with van der Waals surface area (Å²) in [7, 11) is 0. The van der Waals surface area contributed by atoms with Gasteiger partial charge in [-0.2, -0.15) is 10.4 Å². The lowest BCUT2D eigenvalue weighted by Gasteiger charge is -2.39. The molecule has 3 aromatic heterocycles. The number of rotatable bonds is 7. The molecule has 0 aromatic carbocycles. The number of fused-ring (bicyclic) bond motifs is 1. The van der Waals surface area contributed by atoms with E-state index < -0.39 is 11.6 Å². The van der Waals surface area contributed by atoms with Crippen molar-refractivity contribution in [2.75, 3.05) is 57.4 Å². The quantitative estimate of drug-likeness (QED) is 0.489. The van der Waals surface area contributed by atoms with Crippen molar-refractivity contribution < 1.29 is 19.4 Å². The number of carbonyl (C=O) groups is 1. The molecule has 0 radical (unpaired) electrons. The Kier molecular flexibility index (Phi) is 7.07. The van der Waals surface area contributed by atoms with Gasteiger partial charge in [0.2, 0.25) is 5.95 Å². The highest BCUT2D eigenvalue weighted by Crippen LogP contribution is 2.31. The number of anilines is 1. The third-order valence-corrected chi connectivity index (χ3v) is 6.99. The summed E-state index contributed by atoms with van der Waals surface area (Å²) in [5, 5.41) is 25.7. The van der Waals surface area contributed by atoms with Crippen molar-refractivity contribution >= 4 is 17.6 Å². The molecule has 0 unspecified atom stereocenters. The second-order valence-corrected chi connectivity index (χ2v) is 9.60. The molecular weight excluding hydrogens is 476 g/mol. The zero-order valence-corrected chi connectivity index (χ0v) is 20.8. The molecule has 0 atom stereocenters. The second-order valence-electron chi connectivity index (χ2n) is 9.60. The van der Waals surface area contributed by atoms with Crippen molar-refractivity contribution in [3.63, 3.8) is 0 Å². The van der Waals surface area contributed by atoms with Crippen LogP contribution in [0.2, 0.25) is 0 Å². The maximum atomic E-state index is 11.1. The van der Waals surface area contributed by atoms with Crippen LogP contribution in [0.3, 0.4) is 0 Å². The molecule has 0 aliphatic carbocycles. The van der Waals surface area contributed by atoms with Crippen LogP contribution in [-0.4, -0.2) is 93.8 Å². The first-order chi connectivity index (χ1) is 17.9. The van der Waals surface area contributed by atoms with Crippen LogP contribution >= 0.6 is 0 Å². The van der Waals surface area contributed by atoms with Gasteiger partial charge in [0.15, 0.2) is 0 Å². The van der Waals surface area contributed by atoms with Crippen LogP contribution in [0.25, 0.3) is 16.6 Å². The van der Waals surface area contributed by atoms with Crippen LogP contribution in [0.1, 0.15) is 25.3 Å². The van der Waals surface area contributed by atoms with Gasteiger partial charge < -0.3 is 24.8 Å². The summed E-state index contributed by atoms with van der Waals surface area (Å²) in [5.74, 6) is 1.23. The van der Waals surface area contributed by atoms with Crippen LogP contribution in [0, 0.1) is 11.3 Å². The Hall–Kier alpha value is -3.95. The Labute approximate surface area is 214 Å². The van der Waals surface area contributed by atoms with E-state index in [2.05, 4.69) is 36.3 Å². The molecule has 0 saturated carbocycles. The molecule has 194 valence electrons. The van der Waals surface area contributed by atoms with Gasteiger partial charge in [-0.1, -0.05) is 0 Å². The van der Waals surface area contributed by atoms with Gasteiger partial charge in [-0.05, 0) is 25.8 Å². The van der Waals surface area contributed by atoms with E-state index in [1.54, 1.807) is 29.3 Å². The van der Waals surface area contributed by atoms with Crippen molar-refractivity contribution in [2.45, 2.75) is 25.3 Å². The van der Waals surface area contributed by atoms with Gasteiger partial charge in [0.1, 0.15) is 18.4 Å². The molecule has 0 bridgehead atoms. The summed E-state index contributed by atoms with van der Waals surface area (Å²) in [6.45, 7) is 7.82. The first kappa shape index (κ1) is 24.7. The fraction of sp³-hybridized carbons (Fsp3) is 0.480. The Morgan fingerprint density at radius 2 is 1.95 bits per heavy atom. The monoisotopic (exact) mass is 506 g/mol. The topological polar surface area (TPSA) is 141 Å². The van der Waals surface area contributed by atoms with E-state index in [1.807, 2.05) is 13.0 Å². The molecule has 1 amide bonds. The number of pyridine rings is 1. The minimum absolute atomic E-state index is 0.453. The number of hydrogen-bond donors (Lipinski definition) is 2. The number of morpholine rings is 1. The van der Waals surface area contributed by atoms with E-state index in [1.165, 1.54) is 0 Å². The van der Waals surface area contributed by atoms with E-state index >= 15 is 0 Å².